The summed E-state index contributed by atoms with van der Waals surface area (Å²) in [6.45, 7) is 1.11. The molecule has 1 atom stereocenters. The predicted molar refractivity (Wildman–Crippen MR) is 87.7 cm³/mol. The Morgan fingerprint density at radius 3 is 2.36 bits per heavy atom. The highest BCUT2D eigenvalue weighted by Gasteiger charge is 2.11. The highest BCUT2D eigenvalue weighted by molar-refractivity contribution is 6.30. The van der Waals surface area contributed by atoms with E-state index in [1.807, 2.05) is 30.3 Å². The Morgan fingerprint density at radius 1 is 1.05 bits per heavy atom. The van der Waals surface area contributed by atoms with Gasteiger partial charge in [0, 0.05) is 18.1 Å². The van der Waals surface area contributed by atoms with Crippen LogP contribution in [0.15, 0.2) is 42.5 Å². The summed E-state index contributed by atoms with van der Waals surface area (Å²) in [5.41, 5.74) is 1.89. The maximum absolute atomic E-state index is 10.2. The number of hydrogen-bond acceptors (Lipinski definition) is 4. The van der Waals surface area contributed by atoms with Crippen molar-refractivity contribution in [3.8, 4) is 11.5 Å². The van der Waals surface area contributed by atoms with Crippen LogP contribution in [0.25, 0.3) is 0 Å². The molecule has 22 heavy (non-hydrogen) atoms. The average molecular weight is 322 g/mol. The lowest BCUT2D eigenvalue weighted by atomic mass is 10.1. The summed E-state index contributed by atoms with van der Waals surface area (Å²) >= 11 is 5.85. The van der Waals surface area contributed by atoms with Crippen molar-refractivity contribution < 1.29 is 14.6 Å². The maximum atomic E-state index is 10.2. The van der Waals surface area contributed by atoms with Crippen LogP contribution in [0.5, 0.6) is 11.5 Å². The maximum Gasteiger partial charge on any atom is 0.161 e. The second-order valence-corrected chi connectivity index (χ2v) is 5.32. The third kappa shape index (κ3) is 4.37. The van der Waals surface area contributed by atoms with Crippen LogP contribution >= 0.6 is 11.6 Å². The molecule has 0 spiro atoms. The molecule has 2 rings (SSSR count). The van der Waals surface area contributed by atoms with Gasteiger partial charge in [-0.1, -0.05) is 29.8 Å². The quantitative estimate of drug-likeness (QED) is 0.822. The minimum atomic E-state index is -0.618. The second-order valence-electron chi connectivity index (χ2n) is 4.89. The van der Waals surface area contributed by atoms with Crippen LogP contribution in [0, 0.1) is 0 Å². The Hall–Kier alpha value is -1.75. The Morgan fingerprint density at radius 2 is 1.73 bits per heavy atom. The number of nitrogens with one attached hydrogen (secondary N) is 1. The first-order chi connectivity index (χ1) is 10.6. The van der Waals surface area contributed by atoms with Crippen molar-refractivity contribution in [3.05, 3.63) is 58.6 Å². The van der Waals surface area contributed by atoms with Crippen molar-refractivity contribution in [1.29, 1.82) is 0 Å². The van der Waals surface area contributed by atoms with Crippen molar-refractivity contribution in [3.63, 3.8) is 0 Å². The van der Waals surface area contributed by atoms with E-state index < -0.39 is 6.10 Å². The SMILES string of the molecule is COc1ccc(C(O)CNCc2ccc(Cl)cc2)cc1OC. The number of ether oxygens (including phenoxy) is 2. The largest absolute Gasteiger partial charge is 0.493 e. The Bertz CT molecular complexity index is 601. The molecule has 0 heterocycles. The fourth-order valence-electron chi connectivity index (χ4n) is 2.13. The minimum Gasteiger partial charge on any atom is -0.493 e. The van der Waals surface area contributed by atoms with Gasteiger partial charge in [0.1, 0.15) is 0 Å². The molecule has 0 aromatic heterocycles. The number of aliphatic hydroxyl groups is 1. The molecule has 0 aliphatic rings. The molecular formula is C17H20ClNO3. The average Bonchev–Trinajstić information content (AvgIpc) is 2.55. The first kappa shape index (κ1) is 16.6. The summed E-state index contributed by atoms with van der Waals surface area (Å²) in [4.78, 5) is 0. The molecule has 0 radical (unpaired) electrons. The van der Waals surface area contributed by atoms with Crippen LogP contribution in [-0.2, 0) is 6.54 Å². The van der Waals surface area contributed by atoms with Crippen molar-refractivity contribution >= 4 is 11.6 Å². The van der Waals surface area contributed by atoms with E-state index in [1.54, 1.807) is 26.4 Å². The summed E-state index contributed by atoms with van der Waals surface area (Å²) < 4.78 is 10.4. The van der Waals surface area contributed by atoms with E-state index in [1.165, 1.54) is 0 Å². The van der Waals surface area contributed by atoms with E-state index in [-0.39, 0.29) is 0 Å². The molecule has 0 aliphatic heterocycles. The molecule has 4 nitrogen and oxygen atoms in total. The van der Waals surface area contributed by atoms with Crippen molar-refractivity contribution in [2.75, 3.05) is 20.8 Å². The molecule has 2 aromatic carbocycles. The Labute approximate surface area is 135 Å². The van der Waals surface area contributed by atoms with E-state index in [2.05, 4.69) is 5.32 Å². The number of benzene rings is 2. The third-order valence-corrected chi connectivity index (χ3v) is 3.62. The van der Waals surface area contributed by atoms with Crippen LogP contribution in [0.3, 0.4) is 0 Å². The zero-order chi connectivity index (χ0) is 15.9. The van der Waals surface area contributed by atoms with Crippen LogP contribution in [0.2, 0.25) is 5.02 Å². The van der Waals surface area contributed by atoms with E-state index >= 15 is 0 Å². The standard InChI is InChI=1S/C17H20ClNO3/c1-21-16-8-5-13(9-17(16)22-2)15(20)11-19-10-12-3-6-14(18)7-4-12/h3-9,15,19-20H,10-11H2,1-2H3. The van der Waals surface area contributed by atoms with Gasteiger partial charge in [-0.3, -0.25) is 0 Å². The number of aliphatic hydroxyl groups excluding tert-OH is 1. The number of rotatable bonds is 7. The van der Waals surface area contributed by atoms with E-state index in [4.69, 9.17) is 21.1 Å². The van der Waals surface area contributed by atoms with Crippen LogP contribution in [0.1, 0.15) is 17.2 Å². The number of methoxy groups -OCH3 is 2. The first-order valence-corrected chi connectivity index (χ1v) is 7.37. The summed E-state index contributed by atoms with van der Waals surface area (Å²) in [7, 11) is 3.16. The highest BCUT2D eigenvalue weighted by atomic mass is 35.5. The van der Waals surface area contributed by atoms with Gasteiger partial charge in [0.25, 0.3) is 0 Å². The molecule has 0 bridgehead atoms. The van der Waals surface area contributed by atoms with Crippen molar-refractivity contribution in [2.24, 2.45) is 0 Å². The van der Waals surface area contributed by atoms with Crippen LogP contribution in [0.4, 0.5) is 0 Å². The number of hydrogen-bond donors (Lipinski definition) is 2. The lowest BCUT2D eigenvalue weighted by Crippen LogP contribution is -2.21. The van der Waals surface area contributed by atoms with Crippen molar-refractivity contribution in [1.82, 2.24) is 5.32 Å². The van der Waals surface area contributed by atoms with E-state index in [0.29, 0.717) is 29.6 Å². The zero-order valence-corrected chi connectivity index (χ0v) is 13.4. The molecule has 2 N–H and O–H groups in total. The molecule has 0 amide bonds. The van der Waals surface area contributed by atoms with Gasteiger partial charge in [-0.25, -0.2) is 0 Å². The van der Waals surface area contributed by atoms with Gasteiger partial charge in [-0.2, -0.15) is 0 Å². The first-order valence-electron chi connectivity index (χ1n) is 6.99. The Balaban J connectivity index is 1.91. The lowest BCUT2D eigenvalue weighted by molar-refractivity contribution is 0.174. The molecular weight excluding hydrogens is 302 g/mol. The summed E-state index contributed by atoms with van der Waals surface area (Å²) in [5, 5.41) is 14.2. The third-order valence-electron chi connectivity index (χ3n) is 3.37. The number of halogens is 1. The van der Waals surface area contributed by atoms with Crippen LogP contribution < -0.4 is 14.8 Å². The monoisotopic (exact) mass is 321 g/mol. The molecule has 2 aromatic rings. The molecule has 0 saturated carbocycles. The molecule has 0 saturated heterocycles. The summed E-state index contributed by atoms with van der Waals surface area (Å²) in [6.07, 6.45) is -0.618. The predicted octanol–water partition coefficient (Wildman–Crippen LogP) is 3.18. The van der Waals surface area contributed by atoms with Gasteiger partial charge < -0.3 is 19.9 Å². The molecule has 5 heteroatoms. The van der Waals surface area contributed by atoms with Crippen molar-refractivity contribution in [2.45, 2.75) is 12.6 Å². The molecule has 1 unspecified atom stereocenters. The molecule has 118 valence electrons. The van der Waals surface area contributed by atoms with Gasteiger partial charge in [-0.05, 0) is 35.4 Å². The fourth-order valence-corrected chi connectivity index (χ4v) is 2.26. The van der Waals surface area contributed by atoms with Crippen LogP contribution in [-0.4, -0.2) is 25.9 Å². The smallest absolute Gasteiger partial charge is 0.161 e. The fraction of sp³-hybridized carbons (Fsp3) is 0.294. The van der Waals surface area contributed by atoms with Gasteiger partial charge in [0.2, 0.25) is 0 Å². The highest BCUT2D eigenvalue weighted by Crippen LogP contribution is 2.29. The molecule has 0 fully saturated rings. The van der Waals surface area contributed by atoms with Gasteiger partial charge in [-0.15, -0.1) is 0 Å². The Kier molecular flexibility index (Phi) is 6.07. The van der Waals surface area contributed by atoms with E-state index in [0.717, 1.165) is 11.1 Å². The molecule has 0 aliphatic carbocycles. The summed E-state index contributed by atoms with van der Waals surface area (Å²) in [5.74, 6) is 1.25. The van der Waals surface area contributed by atoms with E-state index in [9.17, 15) is 5.11 Å². The van der Waals surface area contributed by atoms with Gasteiger partial charge in [0.15, 0.2) is 11.5 Å². The second kappa shape index (κ2) is 8.03. The summed E-state index contributed by atoms with van der Waals surface area (Å²) in [6, 6.07) is 13.0. The van der Waals surface area contributed by atoms with Gasteiger partial charge in [0.05, 0.1) is 20.3 Å². The normalized spacial score (nSPS) is 12.0. The van der Waals surface area contributed by atoms with Gasteiger partial charge >= 0.3 is 0 Å². The minimum absolute atomic E-state index is 0.443. The topological polar surface area (TPSA) is 50.7 Å². The zero-order valence-electron chi connectivity index (χ0n) is 12.7. The lowest BCUT2D eigenvalue weighted by Gasteiger charge is -2.15.